The minimum Gasteiger partial charge on any atom is -0.314 e. The fourth-order valence-electron chi connectivity index (χ4n) is 2.59. The van der Waals surface area contributed by atoms with Gasteiger partial charge in [-0.05, 0) is 23.8 Å². The molecule has 2 nitrogen and oxygen atoms in total. The average molecular weight is 309 g/mol. The highest BCUT2D eigenvalue weighted by Gasteiger charge is 2.30. The van der Waals surface area contributed by atoms with Crippen LogP contribution >= 0.6 is 36.2 Å². The molecule has 1 N–H and O–H groups in total. The van der Waals surface area contributed by atoms with Crippen molar-refractivity contribution in [3.05, 3.63) is 22.4 Å². The predicted octanol–water partition coefficient (Wildman–Crippen LogP) is 3.34. The van der Waals surface area contributed by atoms with E-state index in [1.54, 1.807) is 4.88 Å². The average Bonchev–Trinajstić information content (AvgIpc) is 3.00. The molecule has 1 saturated carbocycles. The van der Waals surface area contributed by atoms with E-state index in [0.717, 1.165) is 19.0 Å². The summed E-state index contributed by atoms with van der Waals surface area (Å²) < 4.78 is 0. The Morgan fingerprint density at radius 3 is 2.56 bits per heavy atom. The van der Waals surface area contributed by atoms with Crippen molar-refractivity contribution in [1.82, 2.24) is 10.2 Å². The van der Waals surface area contributed by atoms with Crippen LogP contribution in [-0.2, 0) is 0 Å². The Kier molecular flexibility index (Phi) is 6.96. The van der Waals surface area contributed by atoms with Gasteiger partial charge < -0.3 is 5.32 Å². The number of piperazine rings is 1. The van der Waals surface area contributed by atoms with Gasteiger partial charge in [-0.1, -0.05) is 18.9 Å². The van der Waals surface area contributed by atoms with Gasteiger partial charge in [0.2, 0.25) is 0 Å². The molecular formula is C13H22Cl2N2S. The predicted molar refractivity (Wildman–Crippen MR) is 83.3 cm³/mol. The molecule has 1 aromatic heterocycles. The molecule has 2 aliphatic rings. The van der Waals surface area contributed by atoms with Gasteiger partial charge in [0, 0.05) is 37.1 Å². The van der Waals surface area contributed by atoms with Crippen molar-refractivity contribution < 1.29 is 0 Å². The second kappa shape index (κ2) is 7.71. The fourth-order valence-corrected chi connectivity index (χ4v) is 3.46. The van der Waals surface area contributed by atoms with Crippen LogP contribution in [0.3, 0.4) is 0 Å². The van der Waals surface area contributed by atoms with E-state index in [1.165, 1.54) is 32.4 Å². The van der Waals surface area contributed by atoms with Crippen LogP contribution in [-0.4, -0.2) is 31.1 Å². The molecule has 0 aromatic carbocycles. The molecule has 1 atom stereocenters. The number of nitrogens with one attached hydrogen (secondary N) is 1. The molecule has 0 bridgehead atoms. The SMILES string of the molecule is Cl.Cl.c1csc([C@H](CC2CC2)N2CCNCC2)c1. The first-order chi connectivity index (χ1) is 7.93. The summed E-state index contributed by atoms with van der Waals surface area (Å²) in [6, 6.07) is 5.22. The smallest absolute Gasteiger partial charge is 0.0445 e. The summed E-state index contributed by atoms with van der Waals surface area (Å²) in [7, 11) is 0. The van der Waals surface area contributed by atoms with Crippen LogP contribution in [0.4, 0.5) is 0 Å². The van der Waals surface area contributed by atoms with Gasteiger partial charge in [0.25, 0.3) is 0 Å². The summed E-state index contributed by atoms with van der Waals surface area (Å²) in [6.07, 6.45) is 4.32. The number of halogens is 2. The maximum atomic E-state index is 3.45. The molecule has 0 amide bonds. The quantitative estimate of drug-likeness (QED) is 0.918. The van der Waals surface area contributed by atoms with Crippen molar-refractivity contribution in [2.45, 2.75) is 25.3 Å². The molecule has 0 spiro atoms. The maximum absolute atomic E-state index is 3.45. The minimum absolute atomic E-state index is 0. The summed E-state index contributed by atoms with van der Waals surface area (Å²) in [5.41, 5.74) is 0. The fraction of sp³-hybridized carbons (Fsp3) is 0.692. The molecule has 1 aliphatic heterocycles. The summed E-state index contributed by atoms with van der Waals surface area (Å²) >= 11 is 1.93. The summed E-state index contributed by atoms with van der Waals surface area (Å²) in [5.74, 6) is 1.02. The van der Waals surface area contributed by atoms with Crippen LogP contribution in [0.2, 0.25) is 0 Å². The lowest BCUT2D eigenvalue weighted by Gasteiger charge is -2.34. The van der Waals surface area contributed by atoms with Gasteiger partial charge >= 0.3 is 0 Å². The van der Waals surface area contributed by atoms with Gasteiger partial charge in [-0.25, -0.2) is 0 Å². The molecule has 1 aliphatic carbocycles. The molecule has 104 valence electrons. The zero-order chi connectivity index (χ0) is 10.8. The highest BCUT2D eigenvalue weighted by molar-refractivity contribution is 7.10. The Labute approximate surface area is 126 Å². The molecular weight excluding hydrogens is 287 g/mol. The Morgan fingerprint density at radius 1 is 1.28 bits per heavy atom. The van der Waals surface area contributed by atoms with E-state index in [0.29, 0.717) is 6.04 Å². The van der Waals surface area contributed by atoms with Crippen molar-refractivity contribution in [3.8, 4) is 0 Å². The van der Waals surface area contributed by atoms with Gasteiger partial charge in [0.1, 0.15) is 0 Å². The van der Waals surface area contributed by atoms with Crippen molar-refractivity contribution in [3.63, 3.8) is 0 Å². The van der Waals surface area contributed by atoms with Crippen LogP contribution in [0.1, 0.15) is 30.2 Å². The van der Waals surface area contributed by atoms with Crippen LogP contribution in [0, 0.1) is 5.92 Å². The largest absolute Gasteiger partial charge is 0.314 e. The molecule has 1 aromatic rings. The van der Waals surface area contributed by atoms with E-state index < -0.39 is 0 Å². The van der Waals surface area contributed by atoms with Crippen molar-refractivity contribution in [2.24, 2.45) is 5.92 Å². The van der Waals surface area contributed by atoms with E-state index in [1.807, 2.05) is 11.3 Å². The zero-order valence-electron chi connectivity index (χ0n) is 10.5. The monoisotopic (exact) mass is 308 g/mol. The normalized spacial score (nSPS) is 21.8. The summed E-state index contributed by atoms with van der Waals surface area (Å²) in [4.78, 5) is 4.26. The minimum atomic E-state index is 0. The molecule has 0 radical (unpaired) electrons. The third-order valence-electron chi connectivity index (χ3n) is 3.72. The summed E-state index contributed by atoms with van der Waals surface area (Å²) in [5, 5.41) is 5.67. The van der Waals surface area contributed by atoms with Crippen LogP contribution in [0.15, 0.2) is 17.5 Å². The Morgan fingerprint density at radius 2 is 2.00 bits per heavy atom. The highest BCUT2D eigenvalue weighted by atomic mass is 35.5. The number of thiophene rings is 1. The molecule has 1 saturated heterocycles. The van der Waals surface area contributed by atoms with E-state index in [2.05, 4.69) is 27.7 Å². The van der Waals surface area contributed by atoms with Crippen LogP contribution in [0.25, 0.3) is 0 Å². The van der Waals surface area contributed by atoms with Gasteiger partial charge in [0.15, 0.2) is 0 Å². The van der Waals surface area contributed by atoms with E-state index in [-0.39, 0.29) is 24.8 Å². The number of hydrogen-bond acceptors (Lipinski definition) is 3. The van der Waals surface area contributed by atoms with Crippen molar-refractivity contribution in [2.75, 3.05) is 26.2 Å². The van der Waals surface area contributed by atoms with E-state index >= 15 is 0 Å². The third kappa shape index (κ3) is 4.10. The van der Waals surface area contributed by atoms with Gasteiger partial charge in [-0.15, -0.1) is 36.2 Å². The number of nitrogens with zero attached hydrogens (tertiary/aromatic N) is 1. The first-order valence-corrected chi connectivity index (χ1v) is 7.29. The maximum Gasteiger partial charge on any atom is 0.0445 e. The second-order valence-electron chi connectivity index (χ2n) is 5.00. The topological polar surface area (TPSA) is 15.3 Å². The first-order valence-electron chi connectivity index (χ1n) is 6.41. The van der Waals surface area contributed by atoms with E-state index in [9.17, 15) is 0 Å². The van der Waals surface area contributed by atoms with Crippen LogP contribution < -0.4 is 5.32 Å². The van der Waals surface area contributed by atoms with Crippen molar-refractivity contribution in [1.29, 1.82) is 0 Å². The van der Waals surface area contributed by atoms with Crippen molar-refractivity contribution >= 4 is 36.2 Å². The number of hydrogen-bond donors (Lipinski definition) is 1. The van der Waals surface area contributed by atoms with E-state index in [4.69, 9.17) is 0 Å². The molecule has 2 fully saturated rings. The lowest BCUT2D eigenvalue weighted by atomic mass is 10.1. The second-order valence-corrected chi connectivity index (χ2v) is 5.98. The first kappa shape index (κ1) is 16.3. The zero-order valence-corrected chi connectivity index (χ0v) is 13.0. The molecule has 5 heteroatoms. The van der Waals surface area contributed by atoms with Gasteiger partial charge in [-0.3, -0.25) is 4.90 Å². The lowest BCUT2D eigenvalue weighted by molar-refractivity contribution is 0.163. The van der Waals surface area contributed by atoms with Gasteiger partial charge in [-0.2, -0.15) is 0 Å². The molecule has 18 heavy (non-hydrogen) atoms. The lowest BCUT2D eigenvalue weighted by Crippen LogP contribution is -2.45. The summed E-state index contributed by atoms with van der Waals surface area (Å²) in [6.45, 7) is 4.75. The highest BCUT2D eigenvalue weighted by Crippen LogP contribution is 2.41. The standard InChI is InChI=1S/C13H20N2S.2ClH/c1-2-13(16-9-1)12(10-11-3-4-11)15-7-5-14-6-8-15;;/h1-2,9,11-12,14H,3-8,10H2;2*1H/t12-;;/m0../s1. The Bertz CT molecular complexity index is 322. The molecule has 0 unspecified atom stereocenters. The molecule has 3 rings (SSSR count). The Balaban J connectivity index is 0.000000810. The Hall–Kier alpha value is 0.200. The number of rotatable bonds is 4. The third-order valence-corrected chi connectivity index (χ3v) is 4.69. The van der Waals surface area contributed by atoms with Gasteiger partial charge in [0.05, 0.1) is 0 Å². The molecule has 2 heterocycles. The van der Waals surface area contributed by atoms with Crippen LogP contribution in [0.5, 0.6) is 0 Å².